The number of aromatic hydroxyl groups is 1. The van der Waals surface area contributed by atoms with Crippen LogP contribution in [0.5, 0.6) is 17.2 Å². The van der Waals surface area contributed by atoms with Gasteiger partial charge in [0.1, 0.15) is 30.2 Å². The van der Waals surface area contributed by atoms with Crippen molar-refractivity contribution in [1.82, 2.24) is 15.6 Å². The fourth-order valence-corrected chi connectivity index (χ4v) is 5.34. The first-order valence-corrected chi connectivity index (χ1v) is 15.2. The Morgan fingerprint density at radius 3 is 2.68 bits per heavy atom. The number of aliphatic hydroxyl groups is 1. The van der Waals surface area contributed by atoms with Crippen molar-refractivity contribution in [2.75, 3.05) is 44.5 Å². The smallest absolute Gasteiger partial charge is 0.253 e. The molecule has 220 valence electrons. The van der Waals surface area contributed by atoms with E-state index in [1.54, 1.807) is 25.4 Å². The van der Waals surface area contributed by atoms with Crippen LogP contribution in [0, 0.1) is 0 Å². The summed E-state index contributed by atoms with van der Waals surface area (Å²) in [6.45, 7) is 2.83. The van der Waals surface area contributed by atoms with Gasteiger partial charge in [0.15, 0.2) is 10.6 Å². The number of methoxy groups -OCH3 is 1. The normalized spacial score (nSPS) is 15.3. The molecule has 4 rings (SSSR count). The Hall–Kier alpha value is -3.51. The number of carbonyl (C=O) groups is 1. The van der Waals surface area contributed by atoms with Crippen LogP contribution in [0.15, 0.2) is 65.7 Å². The lowest BCUT2D eigenvalue weighted by atomic mass is 10.0. The van der Waals surface area contributed by atoms with E-state index in [0.29, 0.717) is 41.8 Å². The van der Waals surface area contributed by atoms with Crippen molar-refractivity contribution >= 4 is 22.9 Å². The number of benzene rings is 2. The van der Waals surface area contributed by atoms with Gasteiger partial charge in [0.05, 0.1) is 18.8 Å². The second-order valence-corrected chi connectivity index (χ2v) is 11.3. The lowest BCUT2D eigenvalue weighted by Crippen LogP contribution is -2.43. The molecule has 1 amide bonds. The first-order chi connectivity index (χ1) is 19.8. The second kappa shape index (κ2) is 14.9. The molecule has 2 heterocycles. The summed E-state index contributed by atoms with van der Waals surface area (Å²) in [5.74, 6) is 1.83. The number of piperidine rings is 1. The summed E-state index contributed by atoms with van der Waals surface area (Å²) in [5.41, 5.74) is 1.42. The van der Waals surface area contributed by atoms with Gasteiger partial charge in [-0.15, -0.1) is 0 Å². The number of aliphatic hydroxyl groups excluding tert-OH is 1. The van der Waals surface area contributed by atoms with E-state index in [1.165, 1.54) is 18.4 Å². The molecule has 3 aromatic rings. The van der Waals surface area contributed by atoms with Crippen molar-refractivity contribution in [3.63, 3.8) is 0 Å². The maximum absolute atomic E-state index is 12.6. The molecule has 11 heteroatoms. The molecule has 2 aromatic carbocycles. The molecule has 0 aliphatic carbocycles. The Kier molecular flexibility index (Phi) is 11.1. The van der Waals surface area contributed by atoms with Crippen LogP contribution in [-0.4, -0.2) is 77.4 Å². The largest absolute Gasteiger partial charge is 0.612 e. The fourth-order valence-electron chi connectivity index (χ4n) is 4.69. The number of ether oxygens (including phenoxy) is 2. The quantitative estimate of drug-likeness (QED) is 0.224. The zero-order valence-electron chi connectivity index (χ0n) is 23.4. The standard InChI is InChI=1S/C30H38N4O6S/c1-39-27-6-4-3-5-21(27)18-33-30(37)22-7-10-29(32-19-22)34-15-12-23(13-16-34)31-14-11-24(35)20-40-25-8-9-26(36)28(17-25)41(2)38/h3-10,17,19,23-24,31,35-36H,11-16,18,20H2,1-2H3,(H,33,37). The van der Waals surface area contributed by atoms with Gasteiger partial charge in [-0.05, 0) is 67.3 Å². The summed E-state index contributed by atoms with van der Waals surface area (Å²) in [6, 6.07) is 16.2. The van der Waals surface area contributed by atoms with Gasteiger partial charge >= 0.3 is 0 Å². The Morgan fingerprint density at radius 1 is 1.20 bits per heavy atom. The van der Waals surface area contributed by atoms with Crippen molar-refractivity contribution in [1.29, 1.82) is 0 Å². The number of carbonyl (C=O) groups excluding carboxylic acids is 1. The molecule has 1 aromatic heterocycles. The van der Waals surface area contributed by atoms with Crippen molar-refractivity contribution in [3.8, 4) is 17.2 Å². The molecule has 41 heavy (non-hydrogen) atoms. The number of para-hydroxylation sites is 1. The predicted molar refractivity (Wildman–Crippen MR) is 158 cm³/mol. The number of phenolic OH excluding ortho intramolecular Hbond substituents is 1. The van der Waals surface area contributed by atoms with E-state index in [4.69, 9.17) is 9.47 Å². The van der Waals surface area contributed by atoms with Crippen molar-refractivity contribution in [2.24, 2.45) is 0 Å². The molecular formula is C30H38N4O6S. The minimum atomic E-state index is -1.33. The van der Waals surface area contributed by atoms with E-state index in [9.17, 15) is 19.6 Å². The van der Waals surface area contributed by atoms with Crippen molar-refractivity contribution in [2.45, 2.75) is 42.8 Å². The molecule has 1 fully saturated rings. The average molecular weight is 583 g/mol. The molecule has 2 atom stereocenters. The zero-order chi connectivity index (χ0) is 29.2. The number of pyridine rings is 1. The van der Waals surface area contributed by atoms with Crippen LogP contribution >= 0.6 is 0 Å². The van der Waals surface area contributed by atoms with Gasteiger partial charge in [0.25, 0.3) is 5.91 Å². The number of anilines is 1. The summed E-state index contributed by atoms with van der Waals surface area (Å²) in [4.78, 5) is 19.7. The van der Waals surface area contributed by atoms with Crippen LogP contribution in [0.3, 0.4) is 0 Å². The lowest BCUT2D eigenvalue weighted by molar-refractivity contribution is 0.0950. The third-order valence-electron chi connectivity index (χ3n) is 7.05. The number of hydrogen-bond acceptors (Lipinski definition) is 9. The van der Waals surface area contributed by atoms with E-state index in [-0.39, 0.29) is 18.3 Å². The van der Waals surface area contributed by atoms with Crippen LogP contribution in [0.1, 0.15) is 35.2 Å². The van der Waals surface area contributed by atoms with Crippen LogP contribution in [0.2, 0.25) is 0 Å². The number of amides is 1. The number of phenols is 1. The van der Waals surface area contributed by atoms with Crippen molar-refractivity contribution < 1.29 is 29.0 Å². The molecule has 4 N–H and O–H groups in total. The first-order valence-electron chi connectivity index (χ1n) is 13.7. The van der Waals surface area contributed by atoms with Crippen LogP contribution in [-0.2, 0) is 17.7 Å². The first kappa shape index (κ1) is 30.4. The predicted octanol–water partition coefficient (Wildman–Crippen LogP) is 2.85. The lowest BCUT2D eigenvalue weighted by Gasteiger charge is -2.33. The minimum absolute atomic E-state index is 0.0367. The maximum Gasteiger partial charge on any atom is 0.253 e. The van der Waals surface area contributed by atoms with E-state index in [0.717, 1.165) is 43.1 Å². The third-order valence-corrected chi connectivity index (χ3v) is 8.00. The highest BCUT2D eigenvalue weighted by molar-refractivity contribution is 7.90. The molecule has 0 saturated carbocycles. The second-order valence-electron chi connectivity index (χ2n) is 9.95. The van der Waals surface area contributed by atoms with Gasteiger partial charge in [-0.3, -0.25) is 4.79 Å². The monoisotopic (exact) mass is 582 g/mol. The Balaban J connectivity index is 1.14. The topological polar surface area (TPSA) is 139 Å². The van der Waals surface area contributed by atoms with Crippen molar-refractivity contribution in [3.05, 3.63) is 71.9 Å². The van der Waals surface area contributed by atoms with Gasteiger partial charge in [0.2, 0.25) is 0 Å². The SMILES string of the molecule is COc1ccccc1CNC(=O)c1ccc(N2CCC(NCCC(O)COc3ccc(O)c([S+](C)[O-])c3)CC2)nc1. The number of nitrogens with zero attached hydrogens (tertiary/aromatic N) is 2. The summed E-state index contributed by atoms with van der Waals surface area (Å²) < 4.78 is 22.6. The summed E-state index contributed by atoms with van der Waals surface area (Å²) in [5, 5.41) is 26.5. The molecule has 1 aliphatic rings. The van der Waals surface area contributed by atoms with Gasteiger partial charge in [-0.25, -0.2) is 4.98 Å². The molecule has 0 radical (unpaired) electrons. The molecule has 0 spiro atoms. The molecule has 2 unspecified atom stereocenters. The minimum Gasteiger partial charge on any atom is -0.612 e. The van der Waals surface area contributed by atoms with Gasteiger partial charge < -0.3 is 39.8 Å². The third kappa shape index (κ3) is 8.74. The molecule has 10 nitrogen and oxygen atoms in total. The number of rotatable bonds is 13. The van der Waals surface area contributed by atoms with Gasteiger partial charge in [-0.1, -0.05) is 18.2 Å². The molecule has 1 saturated heterocycles. The van der Waals surface area contributed by atoms with Crippen LogP contribution in [0.25, 0.3) is 0 Å². The zero-order valence-corrected chi connectivity index (χ0v) is 24.2. The summed E-state index contributed by atoms with van der Waals surface area (Å²) in [6.07, 6.45) is 4.87. The van der Waals surface area contributed by atoms with E-state index < -0.39 is 17.3 Å². The van der Waals surface area contributed by atoms with Crippen LogP contribution in [0.4, 0.5) is 5.82 Å². The highest BCUT2D eigenvalue weighted by Crippen LogP contribution is 2.27. The van der Waals surface area contributed by atoms with Crippen LogP contribution < -0.4 is 25.0 Å². The molecular weight excluding hydrogens is 544 g/mol. The van der Waals surface area contributed by atoms with E-state index >= 15 is 0 Å². The Morgan fingerprint density at radius 2 is 1.98 bits per heavy atom. The maximum atomic E-state index is 12.6. The number of hydrogen-bond donors (Lipinski definition) is 4. The number of nitrogens with one attached hydrogen (secondary N) is 2. The van der Waals surface area contributed by atoms with E-state index in [1.807, 2.05) is 30.3 Å². The average Bonchev–Trinajstić information content (AvgIpc) is 3.00. The van der Waals surface area contributed by atoms with Gasteiger partial charge in [-0.2, -0.15) is 0 Å². The Labute approximate surface area is 243 Å². The van der Waals surface area contributed by atoms with Gasteiger partial charge in [0, 0.05) is 43.5 Å². The summed E-state index contributed by atoms with van der Waals surface area (Å²) in [7, 11) is 1.61. The molecule has 1 aliphatic heterocycles. The van der Waals surface area contributed by atoms with E-state index in [2.05, 4.69) is 20.5 Å². The highest BCUT2D eigenvalue weighted by Gasteiger charge is 2.21. The number of aromatic nitrogens is 1. The highest BCUT2D eigenvalue weighted by atomic mass is 32.2. The summed E-state index contributed by atoms with van der Waals surface area (Å²) >= 11 is -1.33. The molecule has 0 bridgehead atoms. The Bertz CT molecular complexity index is 1270. The fraction of sp³-hybridized carbons (Fsp3) is 0.400.